The Morgan fingerprint density at radius 3 is 2.80 bits per heavy atom. The van der Waals surface area contributed by atoms with Gasteiger partial charge in [-0.2, -0.15) is 0 Å². The van der Waals surface area contributed by atoms with Crippen LogP contribution in [-0.4, -0.2) is 11.1 Å². The lowest BCUT2D eigenvalue weighted by molar-refractivity contribution is 0.0703. The van der Waals surface area contributed by atoms with E-state index in [1.165, 1.54) is 12.1 Å². The van der Waals surface area contributed by atoms with Crippen molar-refractivity contribution in [3.63, 3.8) is 0 Å². The number of hydrogen-bond donors (Lipinski definition) is 2. The zero-order valence-corrected chi connectivity index (χ0v) is 8.69. The van der Waals surface area contributed by atoms with Gasteiger partial charge in [-0.15, -0.1) is 11.3 Å². The zero-order chi connectivity index (χ0) is 11.2. The van der Waals surface area contributed by atoms with Gasteiger partial charge in [0.25, 0.3) is 0 Å². The van der Waals surface area contributed by atoms with Gasteiger partial charge in [0, 0.05) is 10.1 Å². The SMILES string of the molecule is Cc1cc(F)cc2sc(C(=O)O)c(N)c12. The van der Waals surface area contributed by atoms with Crippen molar-refractivity contribution < 1.29 is 14.3 Å². The second kappa shape index (κ2) is 3.20. The van der Waals surface area contributed by atoms with Crippen molar-refractivity contribution in [2.75, 3.05) is 5.73 Å². The van der Waals surface area contributed by atoms with E-state index in [1.807, 2.05) is 0 Å². The smallest absolute Gasteiger partial charge is 0.348 e. The molecule has 2 rings (SSSR count). The first-order valence-electron chi connectivity index (χ1n) is 4.22. The molecule has 3 nitrogen and oxygen atoms in total. The molecule has 78 valence electrons. The molecule has 1 aromatic carbocycles. The standard InChI is InChI=1S/C10H8FNO2S/c1-4-2-5(11)3-6-7(4)8(12)9(15-6)10(13)14/h2-3H,12H2,1H3,(H,13,14). The van der Waals surface area contributed by atoms with E-state index in [0.717, 1.165) is 11.3 Å². The molecule has 0 atom stereocenters. The summed E-state index contributed by atoms with van der Waals surface area (Å²) in [6.45, 7) is 1.71. The Hall–Kier alpha value is -1.62. The lowest BCUT2D eigenvalue weighted by atomic mass is 10.1. The van der Waals surface area contributed by atoms with Gasteiger partial charge in [0.2, 0.25) is 0 Å². The van der Waals surface area contributed by atoms with E-state index in [2.05, 4.69) is 0 Å². The normalized spacial score (nSPS) is 10.8. The number of thiophene rings is 1. The van der Waals surface area contributed by atoms with Crippen molar-refractivity contribution >= 4 is 33.1 Å². The predicted octanol–water partition coefficient (Wildman–Crippen LogP) is 2.63. The summed E-state index contributed by atoms with van der Waals surface area (Å²) in [6.07, 6.45) is 0. The number of anilines is 1. The Morgan fingerprint density at radius 1 is 1.53 bits per heavy atom. The van der Waals surface area contributed by atoms with Crippen molar-refractivity contribution in [2.24, 2.45) is 0 Å². The maximum atomic E-state index is 13.1. The minimum absolute atomic E-state index is 0.0682. The molecule has 0 aliphatic rings. The highest BCUT2D eigenvalue weighted by atomic mass is 32.1. The second-order valence-electron chi connectivity index (χ2n) is 3.25. The Kier molecular flexibility index (Phi) is 2.12. The van der Waals surface area contributed by atoms with Crippen LogP contribution in [0.3, 0.4) is 0 Å². The zero-order valence-electron chi connectivity index (χ0n) is 7.87. The topological polar surface area (TPSA) is 63.3 Å². The third kappa shape index (κ3) is 1.45. The van der Waals surface area contributed by atoms with Gasteiger partial charge in [-0.25, -0.2) is 9.18 Å². The number of nitrogens with two attached hydrogens (primary N) is 1. The highest BCUT2D eigenvalue weighted by Gasteiger charge is 2.17. The van der Waals surface area contributed by atoms with E-state index in [9.17, 15) is 9.18 Å². The number of aromatic carboxylic acids is 1. The molecule has 0 spiro atoms. The molecule has 0 amide bonds. The fraction of sp³-hybridized carbons (Fsp3) is 0.100. The third-order valence-electron chi connectivity index (χ3n) is 2.18. The molecule has 0 radical (unpaired) electrons. The number of rotatable bonds is 1. The lowest BCUT2D eigenvalue weighted by Crippen LogP contribution is -1.97. The van der Waals surface area contributed by atoms with Gasteiger partial charge in [-0.3, -0.25) is 0 Å². The number of hydrogen-bond acceptors (Lipinski definition) is 3. The molecule has 0 fully saturated rings. The van der Waals surface area contributed by atoms with Gasteiger partial charge in [-0.05, 0) is 24.6 Å². The van der Waals surface area contributed by atoms with Gasteiger partial charge < -0.3 is 10.8 Å². The number of aryl methyl sites for hydroxylation is 1. The summed E-state index contributed by atoms with van der Waals surface area (Å²) < 4.78 is 13.6. The molecular weight excluding hydrogens is 217 g/mol. The fourth-order valence-electron chi connectivity index (χ4n) is 1.58. The van der Waals surface area contributed by atoms with Crippen molar-refractivity contribution in [2.45, 2.75) is 6.92 Å². The van der Waals surface area contributed by atoms with Gasteiger partial charge in [-0.1, -0.05) is 0 Å². The summed E-state index contributed by atoms with van der Waals surface area (Å²) >= 11 is 0.996. The minimum Gasteiger partial charge on any atom is -0.477 e. The predicted molar refractivity (Wildman–Crippen MR) is 57.9 cm³/mol. The Bertz CT molecular complexity index is 562. The van der Waals surface area contributed by atoms with Crippen LogP contribution in [0.5, 0.6) is 0 Å². The molecule has 2 aromatic rings. The van der Waals surface area contributed by atoms with Crippen LogP contribution in [0, 0.1) is 12.7 Å². The Morgan fingerprint density at radius 2 is 2.20 bits per heavy atom. The lowest BCUT2D eigenvalue weighted by Gasteiger charge is -1.98. The quantitative estimate of drug-likeness (QED) is 0.784. The van der Waals surface area contributed by atoms with E-state index in [1.54, 1.807) is 6.92 Å². The number of carboxylic acid groups (broad SMARTS) is 1. The van der Waals surface area contributed by atoms with Crippen LogP contribution >= 0.6 is 11.3 Å². The number of carboxylic acids is 1. The third-order valence-corrected chi connectivity index (χ3v) is 3.32. The molecule has 0 aliphatic heterocycles. The molecule has 0 bridgehead atoms. The van der Waals surface area contributed by atoms with E-state index in [-0.39, 0.29) is 16.4 Å². The molecular formula is C10H8FNO2S. The van der Waals surface area contributed by atoms with Crippen LogP contribution in [0.25, 0.3) is 10.1 Å². The van der Waals surface area contributed by atoms with Gasteiger partial charge in [0.1, 0.15) is 10.7 Å². The Labute approximate surface area is 88.9 Å². The van der Waals surface area contributed by atoms with Crippen molar-refractivity contribution in [1.82, 2.24) is 0 Å². The van der Waals surface area contributed by atoms with Crippen molar-refractivity contribution in [3.8, 4) is 0 Å². The molecule has 3 N–H and O–H groups in total. The van der Waals surface area contributed by atoms with Crippen LogP contribution in [0.15, 0.2) is 12.1 Å². The van der Waals surface area contributed by atoms with E-state index >= 15 is 0 Å². The van der Waals surface area contributed by atoms with Crippen LogP contribution in [0.1, 0.15) is 15.2 Å². The number of benzene rings is 1. The average molecular weight is 225 g/mol. The molecule has 15 heavy (non-hydrogen) atoms. The molecule has 0 saturated heterocycles. The van der Waals surface area contributed by atoms with Crippen molar-refractivity contribution in [3.05, 3.63) is 28.4 Å². The second-order valence-corrected chi connectivity index (χ2v) is 4.30. The summed E-state index contributed by atoms with van der Waals surface area (Å²) in [5.74, 6) is -1.45. The van der Waals surface area contributed by atoms with Gasteiger partial charge in [0.15, 0.2) is 0 Å². The first-order chi connectivity index (χ1) is 7.00. The van der Waals surface area contributed by atoms with Crippen LogP contribution in [0.2, 0.25) is 0 Å². The van der Waals surface area contributed by atoms with E-state index in [0.29, 0.717) is 15.6 Å². The highest BCUT2D eigenvalue weighted by Crippen LogP contribution is 2.36. The maximum Gasteiger partial charge on any atom is 0.348 e. The van der Waals surface area contributed by atoms with Crippen LogP contribution in [-0.2, 0) is 0 Å². The average Bonchev–Trinajstić information content (AvgIpc) is 2.42. The van der Waals surface area contributed by atoms with Gasteiger partial charge in [0.05, 0.1) is 5.69 Å². The van der Waals surface area contributed by atoms with E-state index in [4.69, 9.17) is 10.8 Å². The molecule has 0 unspecified atom stereocenters. The van der Waals surface area contributed by atoms with Crippen LogP contribution < -0.4 is 5.73 Å². The molecule has 0 saturated carbocycles. The first-order valence-corrected chi connectivity index (χ1v) is 5.03. The molecule has 1 heterocycles. The summed E-state index contributed by atoms with van der Waals surface area (Å²) in [5, 5.41) is 9.50. The largest absolute Gasteiger partial charge is 0.477 e. The summed E-state index contributed by atoms with van der Waals surface area (Å²) in [4.78, 5) is 10.9. The van der Waals surface area contributed by atoms with Crippen molar-refractivity contribution in [1.29, 1.82) is 0 Å². The maximum absolute atomic E-state index is 13.1. The van der Waals surface area contributed by atoms with Gasteiger partial charge >= 0.3 is 5.97 Å². The minimum atomic E-state index is -1.08. The molecule has 0 aliphatic carbocycles. The summed E-state index contributed by atoms with van der Waals surface area (Å²) in [5.41, 5.74) is 6.58. The summed E-state index contributed by atoms with van der Waals surface area (Å²) in [7, 11) is 0. The molecule has 1 aromatic heterocycles. The number of fused-ring (bicyclic) bond motifs is 1. The molecule has 5 heteroatoms. The first kappa shape index (κ1) is 9.92. The Balaban J connectivity index is 2.88. The van der Waals surface area contributed by atoms with E-state index < -0.39 is 5.97 Å². The number of halogens is 1. The highest BCUT2D eigenvalue weighted by molar-refractivity contribution is 7.21. The monoisotopic (exact) mass is 225 g/mol. The number of nitrogen functional groups attached to an aromatic ring is 1. The van der Waals surface area contributed by atoms with Crippen LogP contribution in [0.4, 0.5) is 10.1 Å². The fourth-order valence-corrected chi connectivity index (χ4v) is 2.64. The number of carbonyl (C=O) groups is 1. The summed E-state index contributed by atoms with van der Waals surface area (Å²) in [6, 6.07) is 2.65.